The zero-order valence-corrected chi connectivity index (χ0v) is 18.3. The van der Waals surface area contributed by atoms with Crippen LogP contribution in [-0.2, 0) is 0 Å². The first-order valence-corrected chi connectivity index (χ1v) is 11.2. The van der Waals surface area contributed by atoms with Crippen molar-refractivity contribution in [2.75, 3.05) is 6.54 Å². The minimum atomic E-state index is -1.15. The Balaban J connectivity index is 1.18. The number of amides is 1. The molecular formula is C25H23F2N5O2. The molecule has 1 fully saturated rings. The van der Waals surface area contributed by atoms with Crippen LogP contribution >= 0.6 is 0 Å². The Morgan fingerprint density at radius 1 is 1.06 bits per heavy atom. The molecule has 1 aliphatic rings. The van der Waals surface area contributed by atoms with E-state index in [-0.39, 0.29) is 17.5 Å². The SMILES string of the molecule is O=C(NCC1CCC(n2cc3cc(-c4ncccn4)ccc3n2)CC1)c1cc(F)c(O)c(F)c1. The van der Waals surface area contributed by atoms with E-state index in [1.54, 1.807) is 18.5 Å². The van der Waals surface area contributed by atoms with Crippen LogP contribution in [0.4, 0.5) is 8.78 Å². The summed E-state index contributed by atoms with van der Waals surface area (Å²) in [4.78, 5) is 20.9. The third kappa shape index (κ3) is 4.46. The van der Waals surface area contributed by atoms with E-state index in [1.807, 2.05) is 22.9 Å². The lowest BCUT2D eigenvalue weighted by atomic mass is 9.86. The maximum atomic E-state index is 13.5. The van der Waals surface area contributed by atoms with E-state index < -0.39 is 23.3 Å². The van der Waals surface area contributed by atoms with Gasteiger partial charge in [0.05, 0.1) is 11.6 Å². The van der Waals surface area contributed by atoms with Gasteiger partial charge in [0.15, 0.2) is 23.2 Å². The minimum absolute atomic E-state index is 0.148. The zero-order valence-electron chi connectivity index (χ0n) is 18.3. The number of phenolic OH excluding ortho intramolecular Hbond substituents is 1. The molecule has 7 nitrogen and oxygen atoms in total. The summed E-state index contributed by atoms with van der Waals surface area (Å²) in [5.74, 6) is -2.99. The Bertz CT molecular complexity index is 1310. The first kappa shape index (κ1) is 21.9. The van der Waals surface area contributed by atoms with Gasteiger partial charge in [0.2, 0.25) is 0 Å². The molecule has 2 N–H and O–H groups in total. The van der Waals surface area contributed by atoms with Crippen LogP contribution in [0.25, 0.3) is 22.3 Å². The number of nitrogens with zero attached hydrogens (tertiary/aromatic N) is 4. The number of aromatic hydroxyl groups is 1. The van der Waals surface area contributed by atoms with Crippen LogP contribution in [-0.4, -0.2) is 37.3 Å². The monoisotopic (exact) mass is 463 g/mol. The molecule has 4 aromatic rings. The highest BCUT2D eigenvalue weighted by Crippen LogP contribution is 2.33. The van der Waals surface area contributed by atoms with E-state index in [2.05, 4.69) is 21.5 Å². The van der Waals surface area contributed by atoms with Crippen molar-refractivity contribution in [3.63, 3.8) is 0 Å². The number of hydrogen-bond donors (Lipinski definition) is 2. The second-order valence-corrected chi connectivity index (χ2v) is 8.63. The number of carbonyl (C=O) groups is 1. The normalized spacial score (nSPS) is 18.2. The van der Waals surface area contributed by atoms with E-state index in [1.165, 1.54) is 0 Å². The van der Waals surface area contributed by atoms with E-state index in [9.17, 15) is 18.7 Å². The standard InChI is InChI=1S/C25H23F2N5O2/c26-20-11-17(12-21(27)23(20)33)25(34)30-13-15-2-5-19(6-3-15)32-14-18-10-16(4-7-22(18)31-32)24-28-8-1-9-29-24/h1,4,7-12,14-15,19,33H,2-3,5-6,13H2,(H,30,34). The molecule has 2 heterocycles. The summed E-state index contributed by atoms with van der Waals surface area (Å²) in [5.41, 5.74) is 1.72. The molecule has 0 atom stereocenters. The van der Waals surface area contributed by atoms with Gasteiger partial charge in [-0.05, 0) is 68.0 Å². The van der Waals surface area contributed by atoms with E-state index >= 15 is 0 Å². The third-order valence-corrected chi connectivity index (χ3v) is 6.37. The van der Waals surface area contributed by atoms with Crippen molar-refractivity contribution in [3.8, 4) is 17.1 Å². The lowest BCUT2D eigenvalue weighted by molar-refractivity contribution is 0.0940. The van der Waals surface area contributed by atoms with Gasteiger partial charge in [0.1, 0.15) is 0 Å². The molecule has 5 rings (SSSR count). The zero-order chi connectivity index (χ0) is 23.7. The molecule has 2 aromatic heterocycles. The lowest BCUT2D eigenvalue weighted by Crippen LogP contribution is -2.31. The molecular weight excluding hydrogens is 440 g/mol. The number of nitrogens with one attached hydrogen (secondary N) is 1. The lowest BCUT2D eigenvalue weighted by Gasteiger charge is -2.28. The van der Waals surface area contributed by atoms with Crippen LogP contribution in [0.1, 0.15) is 42.1 Å². The fourth-order valence-corrected chi connectivity index (χ4v) is 4.47. The predicted molar refractivity (Wildman–Crippen MR) is 122 cm³/mol. The van der Waals surface area contributed by atoms with E-state index in [0.717, 1.165) is 54.3 Å². The smallest absolute Gasteiger partial charge is 0.251 e. The average molecular weight is 463 g/mol. The molecule has 0 radical (unpaired) electrons. The summed E-state index contributed by atoms with van der Waals surface area (Å²) in [6.45, 7) is 0.428. The summed E-state index contributed by atoms with van der Waals surface area (Å²) in [6, 6.07) is 9.73. The highest BCUT2D eigenvalue weighted by Gasteiger charge is 2.24. The van der Waals surface area contributed by atoms with Gasteiger partial charge in [-0.15, -0.1) is 0 Å². The molecule has 0 saturated heterocycles. The minimum Gasteiger partial charge on any atom is -0.503 e. The molecule has 0 aliphatic heterocycles. The first-order chi connectivity index (χ1) is 16.5. The molecule has 0 unspecified atom stereocenters. The maximum Gasteiger partial charge on any atom is 0.251 e. The fraction of sp³-hybridized carbons (Fsp3) is 0.280. The molecule has 9 heteroatoms. The number of benzene rings is 2. The average Bonchev–Trinajstić information content (AvgIpc) is 3.30. The van der Waals surface area contributed by atoms with Gasteiger partial charge >= 0.3 is 0 Å². The largest absolute Gasteiger partial charge is 0.503 e. The summed E-state index contributed by atoms with van der Waals surface area (Å²) in [6.07, 6.45) is 9.15. The van der Waals surface area contributed by atoms with Gasteiger partial charge in [-0.2, -0.15) is 5.10 Å². The summed E-state index contributed by atoms with van der Waals surface area (Å²) in [5, 5.41) is 17.7. The van der Waals surface area contributed by atoms with Crippen LogP contribution in [0.15, 0.2) is 55.0 Å². The van der Waals surface area contributed by atoms with Crippen LogP contribution in [0, 0.1) is 17.6 Å². The van der Waals surface area contributed by atoms with Gasteiger partial charge in [-0.25, -0.2) is 18.7 Å². The number of carbonyl (C=O) groups excluding carboxylic acids is 1. The topological polar surface area (TPSA) is 92.9 Å². The molecule has 0 spiro atoms. The van der Waals surface area contributed by atoms with Crippen molar-refractivity contribution in [1.29, 1.82) is 0 Å². The van der Waals surface area contributed by atoms with Crippen molar-refractivity contribution >= 4 is 16.8 Å². The van der Waals surface area contributed by atoms with Crippen molar-refractivity contribution < 1.29 is 18.7 Å². The number of phenols is 1. The quantitative estimate of drug-likeness (QED) is 0.450. The van der Waals surface area contributed by atoms with Crippen LogP contribution in [0.5, 0.6) is 5.75 Å². The number of hydrogen-bond acceptors (Lipinski definition) is 5. The molecule has 1 saturated carbocycles. The number of aromatic nitrogens is 4. The van der Waals surface area contributed by atoms with Gasteiger partial charge in [0.25, 0.3) is 5.91 Å². The first-order valence-electron chi connectivity index (χ1n) is 11.2. The molecule has 1 amide bonds. The Morgan fingerprint density at radius 2 is 1.76 bits per heavy atom. The third-order valence-electron chi connectivity index (χ3n) is 6.37. The van der Waals surface area contributed by atoms with Gasteiger partial charge in [-0.3, -0.25) is 9.48 Å². The Kier molecular flexibility index (Phi) is 5.91. The fourth-order valence-electron chi connectivity index (χ4n) is 4.47. The number of rotatable bonds is 5. The van der Waals surface area contributed by atoms with Crippen molar-refractivity contribution in [3.05, 3.63) is 72.2 Å². The summed E-state index contributed by atoms with van der Waals surface area (Å²) in [7, 11) is 0. The van der Waals surface area contributed by atoms with Crippen molar-refractivity contribution in [1.82, 2.24) is 25.1 Å². The number of fused-ring (bicyclic) bond motifs is 1. The van der Waals surface area contributed by atoms with Gasteiger partial charge in [0, 0.05) is 41.6 Å². The van der Waals surface area contributed by atoms with Gasteiger partial charge in [-0.1, -0.05) is 0 Å². The van der Waals surface area contributed by atoms with Crippen molar-refractivity contribution in [2.45, 2.75) is 31.7 Å². The van der Waals surface area contributed by atoms with E-state index in [0.29, 0.717) is 12.4 Å². The van der Waals surface area contributed by atoms with E-state index in [4.69, 9.17) is 5.10 Å². The number of halogens is 2. The Morgan fingerprint density at radius 3 is 2.47 bits per heavy atom. The molecule has 174 valence electrons. The summed E-state index contributed by atoms with van der Waals surface area (Å²) >= 11 is 0. The second-order valence-electron chi connectivity index (χ2n) is 8.63. The molecule has 1 aliphatic carbocycles. The Hall–Kier alpha value is -3.88. The van der Waals surface area contributed by atoms with Crippen LogP contribution in [0.2, 0.25) is 0 Å². The molecule has 0 bridgehead atoms. The van der Waals surface area contributed by atoms with Gasteiger partial charge < -0.3 is 10.4 Å². The predicted octanol–water partition coefficient (Wildman–Crippen LogP) is 4.64. The Labute approximate surface area is 194 Å². The second kappa shape index (κ2) is 9.17. The van der Waals surface area contributed by atoms with Crippen LogP contribution < -0.4 is 5.32 Å². The summed E-state index contributed by atoms with van der Waals surface area (Å²) < 4.78 is 29.0. The van der Waals surface area contributed by atoms with Crippen molar-refractivity contribution in [2.24, 2.45) is 5.92 Å². The molecule has 2 aromatic carbocycles. The molecule has 34 heavy (non-hydrogen) atoms. The maximum absolute atomic E-state index is 13.5. The highest BCUT2D eigenvalue weighted by molar-refractivity contribution is 5.94. The van der Waals surface area contributed by atoms with Crippen LogP contribution in [0.3, 0.4) is 0 Å². The highest BCUT2D eigenvalue weighted by atomic mass is 19.1.